The molecule has 0 saturated carbocycles. The Kier molecular flexibility index (Phi) is 4.53. The first kappa shape index (κ1) is 13.7. The summed E-state index contributed by atoms with van der Waals surface area (Å²) in [5.74, 6) is -0.326. The topological polar surface area (TPSA) is 24.9 Å². The van der Waals surface area contributed by atoms with Crippen molar-refractivity contribution in [1.82, 2.24) is 10.3 Å². The molecule has 1 N–H and O–H groups in total. The zero-order valence-corrected chi connectivity index (χ0v) is 12.5. The third-order valence-electron chi connectivity index (χ3n) is 2.67. The van der Waals surface area contributed by atoms with E-state index in [0.29, 0.717) is 10.6 Å². The minimum Gasteiger partial charge on any atom is -0.309 e. The molecule has 0 amide bonds. The monoisotopic (exact) mass is 376 g/mol. The number of hydrogen-bond donors (Lipinski definition) is 1. The Morgan fingerprint density at radius 3 is 2.78 bits per heavy atom. The van der Waals surface area contributed by atoms with Crippen LogP contribution in [0.2, 0.25) is 5.02 Å². The first-order chi connectivity index (χ1) is 8.63. The molecule has 18 heavy (non-hydrogen) atoms. The van der Waals surface area contributed by atoms with Crippen LogP contribution in [-0.2, 0) is 0 Å². The molecule has 0 aliphatic heterocycles. The SMILES string of the molecule is CNC(c1ccncc1F)c1cc(Cl)ccc1I. The van der Waals surface area contributed by atoms with Crippen LogP contribution in [0.25, 0.3) is 0 Å². The van der Waals surface area contributed by atoms with Gasteiger partial charge in [0.2, 0.25) is 0 Å². The number of nitrogens with zero attached hydrogens (tertiary/aromatic N) is 1. The third kappa shape index (κ3) is 2.81. The van der Waals surface area contributed by atoms with Crippen molar-refractivity contribution in [2.75, 3.05) is 7.05 Å². The average molecular weight is 377 g/mol. The van der Waals surface area contributed by atoms with Crippen molar-refractivity contribution in [3.05, 3.63) is 62.2 Å². The maximum absolute atomic E-state index is 13.8. The van der Waals surface area contributed by atoms with Crippen molar-refractivity contribution < 1.29 is 4.39 Å². The van der Waals surface area contributed by atoms with Gasteiger partial charge in [-0.05, 0) is 59.5 Å². The van der Waals surface area contributed by atoms with E-state index in [1.807, 2.05) is 18.2 Å². The zero-order valence-electron chi connectivity index (χ0n) is 9.62. The summed E-state index contributed by atoms with van der Waals surface area (Å²) in [6.07, 6.45) is 2.80. The van der Waals surface area contributed by atoms with Gasteiger partial charge >= 0.3 is 0 Å². The summed E-state index contributed by atoms with van der Waals surface area (Å²) in [6.45, 7) is 0. The van der Waals surface area contributed by atoms with Crippen LogP contribution in [-0.4, -0.2) is 12.0 Å². The fourth-order valence-corrected chi connectivity index (χ4v) is 2.66. The molecule has 1 heterocycles. The van der Waals surface area contributed by atoms with Gasteiger partial charge in [0.1, 0.15) is 5.82 Å². The highest BCUT2D eigenvalue weighted by molar-refractivity contribution is 14.1. The van der Waals surface area contributed by atoms with Crippen molar-refractivity contribution in [2.24, 2.45) is 0 Å². The van der Waals surface area contributed by atoms with Crippen LogP contribution in [0, 0.1) is 9.39 Å². The van der Waals surface area contributed by atoms with Crippen molar-refractivity contribution in [3.8, 4) is 0 Å². The first-order valence-corrected chi connectivity index (χ1v) is 6.80. The van der Waals surface area contributed by atoms with Gasteiger partial charge in [0.25, 0.3) is 0 Å². The van der Waals surface area contributed by atoms with Gasteiger partial charge in [0.15, 0.2) is 0 Å². The second-order valence-electron chi connectivity index (χ2n) is 3.78. The third-order valence-corrected chi connectivity index (χ3v) is 3.89. The number of pyridine rings is 1. The standard InChI is InChI=1S/C13H11ClFIN2/c1-17-13(9-4-5-18-7-11(9)15)10-6-8(14)2-3-12(10)16/h2-7,13,17H,1H3. The summed E-state index contributed by atoms with van der Waals surface area (Å²) in [5, 5.41) is 3.75. The Morgan fingerprint density at radius 1 is 1.33 bits per heavy atom. The molecule has 0 fully saturated rings. The zero-order chi connectivity index (χ0) is 13.1. The molecule has 1 aromatic heterocycles. The molecule has 0 bridgehead atoms. The van der Waals surface area contributed by atoms with Gasteiger partial charge < -0.3 is 5.32 Å². The molecule has 1 unspecified atom stereocenters. The van der Waals surface area contributed by atoms with Crippen molar-refractivity contribution >= 4 is 34.2 Å². The molecule has 0 saturated heterocycles. The molecule has 5 heteroatoms. The van der Waals surface area contributed by atoms with Gasteiger partial charge in [0.05, 0.1) is 12.2 Å². The molecule has 1 aromatic carbocycles. The van der Waals surface area contributed by atoms with E-state index in [4.69, 9.17) is 11.6 Å². The highest BCUT2D eigenvalue weighted by Crippen LogP contribution is 2.29. The normalized spacial score (nSPS) is 12.4. The van der Waals surface area contributed by atoms with Crippen LogP contribution < -0.4 is 5.32 Å². The fourth-order valence-electron chi connectivity index (χ4n) is 1.83. The largest absolute Gasteiger partial charge is 0.309 e. The van der Waals surface area contributed by atoms with Crippen LogP contribution in [0.3, 0.4) is 0 Å². The number of halogens is 3. The van der Waals surface area contributed by atoms with Crippen LogP contribution in [0.15, 0.2) is 36.7 Å². The van der Waals surface area contributed by atoms with Crippen molar-refractivity contribution in [3.63, 3.8) is 0 Å². The maximum Gasteiger partial charge on any atom is 0.146 e. The van der Waals surface area contributed by atoms with E-state index in [2.05, 4.69) is 32.9 Å². The van der Waals surface area contributed by atoms with Crippen molar-refractivity contribution in [2.45, 2.75) is 6.04 Å². The molecular formula is C13H11ClFIN2. The Morgan fingerprint density at radius 2 is 2.11 bits per heavy atom. The molecule has 2 nitrogen and oxygen atoms in total. The summed E-state index contributed by atoms with van der Waals surface area (Å²) in [6, 6.07) is 7.03. The maximum atomic E-state index is 13.8. The lowest BCUT2D eigenvalue weighted by Gasteiger charge is -2.19. The lowest BCUT2D eigenvalue weighted by atomic mass is 9.99. The Labute approximate surface area is 124 Å². The summed E-state index contributed by atoms with van der Waals surface area (Å²) >= 11 is 8.23. The Balaban J connectivity index is 2.52. The predicted molar refractivity (Wildman–Crippen MR) is 79.3 cm³/mol. The van der Waals surface area contributed by atoms with Crippen LogP contribution >= 0.6 is 34.2 Å². The van der Waals surface area contributed by atoms with E-state index >= 15 is 0 Å². The van der Waals surface area contributed by atoms with Gasteiger partial charge in [-0.3, -0.25) is 4.98 Å². The fraction of sp³-hybridized carbons (Fsp3) is 0.154. The minimum atomic E-state index is -0.326. The van der Waals surface area contributed by atoms with Gasteiger partial charge in [0, 0.05) is 20.4 Å². The van der Waals surface area contributed by atoms with E-state index < -0.39 is 0 Å². The molecule has 2 aromatic rings. The number of aromatic nitrogens is 1. The smallest absolute Gasteiger partial charge is 0.146 e. The van der Waals surface area contributed by atoms with E-state index in [9.17, 15) is 4.39 Å². The number of benzene rings is 1. The minimum absolute atomic E-state index is 0.237. The van der Waals surface area contributed by atoms with Gasteiger partial charge in [-0.25, -0.2) is 4.39 Å². The van der Waals surface area contributed by atoms with Crippen LogP contribution in [0.1, 0.15) is 17.2 Å². The summed E-state index contributed by atoms with van der Waals surface area (Å²) in [4.78, 5) is 3.76. The molecule has 0 aliphatic carbocycles. The van der Waals surface area contributed by atoms with E-state index in [1.54, 1.807) is 19.3 Å². The number of nitrogens with one attached hydrogen (secondary N) is 1. The molecule has 2 rings (SSSR count). The van der Waals surface area contributed by atoms with E-state index in [-0.39, 0.29) is 11.9 Å². The average Bonchev–Trinajstić information content (AvgIpc) is 2.36. The predicted octanol–water partition coefficient (Wildman–Crippen LogP) is 3.79. The van der Waals surface area contributed by atoms with Gasteiger partial charge in [-0.15, -0.1) is 0 Å². The van der Waals surface area contributed by atoms with Crippen LogP contribution in [0.4, 0.5) is 4.39 Å². The summed E-state index contributed by atoms with van der Waals surface area (Å²) in [7, 11) is 1.79. The van der Waals surface area contributed by atoms with Gasteiger partial charge in [-0.1, -0.05) is 11.6 Å². The lowest BCUT2D eigenvalue weighted by molar-refractivity contribution is 0.570. The van der Waals surface area contributed by atoms with Crippen molar-refractivity contribution in [1.29, 1.82) is 0 Å². The molecule has 94 valence electrons. The molecule has 0 aliphatic rings. The second kappa shape index (κ2) is 5.95. The molecule has 0 spiro atoms. The first-order valence-electron chi connectivity index (χ1n) is 5.35. The molecular weight excluding hydrogens is 366 g/mol. The summed E-state index contributed by atoms with van der Waals surface area (Å²) in [5.41, 5.74) is 1.52. The summed E-state index contributed by atoms with van der Waals surface area (Å²) < 4.78 is 14.8. The lowest BCUT2D eigenvalue weighted by Crippen LogP contribution is -2.20. The number of rotatable bonds is 3. The van der Waals surface area contributed by atoms with E-state index in [1.165, 1.54) is 6.20 Å². The van der Waals surface area contributed by atoms with E-state index in [0.717, 1.165) is 9.13 Å². The highest BCUT2D eigenvalue weighted by atomic mass is 127. The Bertz CT molecular complexity index is 562. The van der Waals surface area contributed by atoms with Crippen LogP contribution in [0.5, 0.6) is 0 Å². The van der Waals surface area contributed by atoms with Gasteiger partial charge in [-0.2, -0.15) is 0 Å². The molecule has 1 atom stereocenters. The quantitative estimate of drug-likeness (QED) is 0.825. The highest BCUT2D eigenvalue weighted by Gasteiger charge is 2.18. The number of hydrogen-bond acceptors (Lipinski definition) is 2. The molecule has 0 radical (unpaired) electrons. The Hall–Kier alpha value is -0.720. The second-order valence-corrected chi connectivity index (χ2v) is 5.38.